The van der Waals surface area contributed by atoms with Crippen molar-refractivity contribution in [2.45, 2.75) is 13.3 Å². The summed E-state index contributed by atoms with van der Waals surface area (Å²) >= 11 is 5.66. The summed E-state index contributed by atoms with van der Waals surface area (Å²) in [5.41, 5.74) is 1.28. The van der Waals surface area contributed by atoms with E-state index in [1.165, 1.54) is 5.57 Å². The van der Waals surface area contributed by atoms with E-state index in [9.17, 15) is 0 Å². The van der Waals surface area contributed by atoms with Crippen LogP contribution in [0.1, 0.15) is 13.3 Å². The lowest BCUT2D eigenvalue weighted by Gasteiger charge is -1.85. The minimum absolute atomic E-state index is 0.917. The molecule has 1 aliphatic carbocycles. The first-order chi connectivity index (χ1) is 3.30. The van der Waals surface area contributed by atoms with Crippen LogP contribution >= 0.6 is 11.6 Å². The normalized spacial score (nSPS) is 19.1. The second-order valence-corrected chi connectivity index (χ2v) is 2.14. The summed E-state index contributed by atoms with van der Waals surface area (Å²) in [6.07, 6.45) is 5.05. The zero-order chi connectivity index (χ0) is 5.28. The maximum Gasteiger partial charge on any atom is 0.0395 e. The molecule has 0 fully saturated rings. The van der Waals surface area contributed by atoms with E-state index in [0.29, 0.717) is 0 Å². The lowest BCUT2D eigenvalue weighted by molar-refractivity contribution is 1.25. The zero-order valence-corrected chi connectivity index (χ0v) is 5.00. The molecule has 1 rings (SSSR count). The Labute approximate surface area is 48.5 Å². The van der Waals surface area contributed by atoms with Gasteiger partial charge < -0.3 is 0 Å². The molecule has 7 heavy (non-hydrogen) atoms. The van der Waals surface area contributed by atoms with Crippen molar-refractivity contribution in [2.24, 2.45) is 0 Å². The number of hydrogen-bond donors (Lipinski definition) is 0. The molecule has 0 amide bonds. The quantitative estimate of drug-likeness (QED) is 0.454. The number of halogens is 1. The molecule has 0 atom stereocenters. The van der Waals surface area contributed by atoms with Crippen molar-refractivity contribution in [1.29, 1.82) is 0 Å². The van der Waals surface area contributed by atoms with E-state index < -0.39 is 0 Å². The summed E-state index contributed by atoms with van der Waals surface area (Å²) in [7, 11) is 0. The lowest BCUT2D eigenvalue weighted by atomic mass is 10.3. The van der Waals surface area contributed by atoms with Crippen molar-refractivity contribution in [1.82, 2.24) is 0 Å². The Morgan fingerprint density at radius 2 is 2.43 bits per heavy atom. The molecule has 0 unspecified atom stereocenters. The second kappa shape index (κ2) is 1.71. The minimum Gasteiger partial charge on any atom is -0.0844 e. The van der Waals surface area contributed by atoms with Crippen molar-refractivity contribution in [3.63, 3.8) is 0 Å². The minimum atomic E-state index is 0.917. The molecule has 0 N–H and O–H groups in total. The fourth-order valence-corrected chi connectivity index (χ4v) is 0.745. The zero-order valence-electron chi connectivity index (χ0n) is 4.24. The van der Waals surface area contributed by atoms with Crippen LogP contribution in [0.3, 0.4) is 0 Å². The Balaban J connectivity index is 2.79. The monoisotopic (exact) mass is 114 g/mol. The Morgan fingerprint density at radius 1 is 1.71 bits per heavy atom. The molecular weight excluding hydrogens is 108 g/mol. The van der Waals surface area contributed by atoms with Gasteiger partial charge in [-0.3, -0.25) is 0 Å². The summed E-state index contributed by atoms with van der Waals surface area (Å²) in [5.74, 6) is 0. The standard InChI is InChI=1S/C6H7Cl/c1-5-3-2-4-6(5)7/h2,4H,3H2,1H3. The van der Waals surface area contributed by atoms with Gasteiger partial charge in [0, 0.05) is 5.03 Å². The van der Waals surface area contributed by atoms with Gasteiger partial charge in [0.05, 0.1) is 0 Å². The highest BCUT2D eigenvalue weighted by atomic mass is 35.5. The van der Waals surface area contributed by atoms with Crippen LogP contribution in [0, 0.1) is 0 Å². The van der Waals surface area contributed by atoms with Gasteiger partial charge in [-0.15, -0.1) is 0 Å². The number of rotatable bonds is 0. The fraction of sp³-hybridized carbons (Fsp3) is 0.333. The van der Waals surface area contributed by atoms with Crippen LogP contribution in [0.4, 0.5) is 0 Å². The smallest absolute Gasteiger partial charge is 0.0395 e. The summed E-state index contributed by atoms with van der Waals surface area (Å²) in [6, 6.07) is 0. The van der Waals surface area contributed by atoms with E-state index >= 15 is 0 Å². The highest BCUT2D eigenvalue weighted by Gasteiger charge is 1.98. The molecule has 38 valence electrons. The van der Waals surface area contributed by atoms with Crippen LogP contribution < -0.4 is 0 Å². The molecule has 0 nitrogen and oxygen atoms in total. The molecule has 0 heterocycles. The van der Waals surface area contributed by atoms with E-state index in [1.807, 2.05) is 13.0 Å². The third kappa shape index (κ3) is 0.859. The summed E-state index contributed by atoms with van der Waals surface area (Å²) < 4.78 is 0. The Bertz CT molecular complexity index is 131. The maximum absolute atomic E-state index is 5.66. The van der Waals surface area contributed by atoms with Gasteiger partial charge in [0.15, 0.2) is 0 Å². The van der Waals surface area contributed by atoms with Gasteiger partial charge in [0.1, 0.15) is 0 Å². The van der Waals surface area contributed by atoms with E-state index in [4.69, 9.17) is 11.6 Å². The largest absolute Gasteiger partial charge is 0.0844 e. The molecule has 0 aliphatic heterocycles. The van der Waals surface area contributed by atoms with Gasteiger partial charge in [-0.2, -0.15) is 0 Å². The first-order valence-electron chi connectivity index (χ1n) is 2.32. The average Bonchev–Trinajstić information content (AvgIpc) is 1.91. The summed E-state index contributed by atoms with van der Waals surface area (Å²) in [5, 5.41) is 0.917. The molecule has 0 aromatic rings. The predicted molar refractivity (Wildman–Crippen MR) is 32.3 cm³/mol. The predicted octanol–water partition coefficient (Wildman–Crippen LogP) is 2.46. The van der Waals surface area contributed by atoms with Crippen molar-refractivity contribution in [3.8, 4) is 0 Å². The van der Waals surface area contributed by atoms with Crippen LogP contribution in [0.5, 0.6) is 0 Å². The van der Waals surface area contributed by atoms with Crippen LogP contribution in [0.25, 0.3) is 0 Å². The van der Waals surface area contributed by atoms with Crippen LogP contribution in [0.2, 0.25) is 0 Å². The van der Waals surface area contributed by atoms with E-state index in [-0.39, 0.29) is 0 Å². The molecule has 0 aromatic heterocycles. The van der Waals surface area contributed by atoms with Gasteiger partial charge in [0.2, 0.25) is 0 Å². The number of allylic oxidation sites excluding steroid dienone is 4. The molecule has 0 saturated carbocycles. The van der Waals surface area contributed by atoms with Crippen LogP contribution in [-0.2, 0) is 0 Å². The molecule has 1 heteroatoms. The Hall–Kier alpha value is -0.230. The van der Waals surface area contributed by atoms with E-state index in [1.54, 1.807) is 0 Å². The Morgan fingerprint density at radius 3 is 2.57 bits per heavy atom. The Kier molecular flexibility index (Phi) is 1.20. The van der Waals surface area contributed by atoms with Crippen molar-refractivity contribution in [3.05, 3.63) is 22.8 Å². The van der Waals surface area contributed by atoms with Gasteiger partial charge >= 0.3 is 0 Å². The molecule has 0 aromatic carbocycles. The fourth-order valence-electron chi connectivity index (χ4n) is 0.579. The molecule has 0 bridgehead atoms. The second-order valence-electron chi connectivity index (χ2n) is 1.73. The van der Waals surface area contributed by atoms with Crippen LogP contribution in [-0.4, -0.2) is 0 Å². The molecular formula is C6H7Cl. The van der Waals surface area contributed by atoms with E-state index in [0.717, 1.165) is 11.5 Å². The maximum atomic E-state index is 5.66. The average molecular weight is 115 g/mol. The summed E-state index contributed by atoms with van der Waals surface area (Å²) in [6.45, 7) is 2.04. The lowest BCUT2D eigenvalue weighted by Crippen LogP contribution is -1.64. The highest BCUT2D eigenvalue weighted by Crippen LogP contribution is 2.20. The van der Waals surface area contributed by atoms with Gasteiger partial charge in [-0.25, -0.2) is 0 Å². The third-order valence-corrected chi connectivity index (χ3v) is 1.54. The molecule has 0 radical (unpaired) electrons. The topological polar surface area (TPSA) is 0 Å². The van der Waals surface area contributed by atoms with Gasteiger partial charge in [-0.05, 0) is 19.4 Å². The van der Waals surface area contributed by atoms with E-state index in [2.05, 4.69) is 6.08 Å². The van der Waals surface area contributed by atoms with Crippen molar-refractivity contribution >= 4 is 11.6 Å². The molecule has 1 aliphatic rings. The van der Waals surface area contributed by atoms with Gasteiger partial charge in [0.25, 0.3) is 0 Å². The first kappa shape index (κ1) is 4.92. The van der Waals surface area contributed by atoms with Gasteiger partial charge in [-0.1, -0.05) is 23.3 Å². The first-order valence-corrected chi connectivity index (χ1v) is 2.70. The molecule has 0 saturated heterocycles. The van der Waals surface area contributed by atoms with Crippen molar-refractivity contribution < 1.29 is 0 Å². The highest BCUT2D eigenvalue weighted by molar-refractivity contribution is 6.31. The third-order valence-electron chi connectivity index (χ3n) is 1.10. The summed E-state index contributed by atoms with van der Waals surface area (Å²) in [4.78, 5) is 0. The molecule has 0 spiro atoms. The van der Waals surface area contributed by atoms with Crippen molar-refractivity contribution in [2.75, 3.05) is 0 Å². The SMILES string of the molecule is CC1=C(Cl)C=CC1. The number of hydrogen-bond acceptors (Lipinski definition) is 0. The van der Waals surface area contributed by atoms with Crippen LogP contribution in [0.15, 0.2) is 22.8 Å².